The highest BCUT2D eigenvalue weighted by Crippen LogP contribution is 2.40. The standard InChI is InChI=1S/C24H19IN2/c1-2-17-27(19-13-7-4-8-14-19)24-20-15-9-10-16-21(20)26-23(22(24)25)18-11-5-3-6-12-18/h2-16H,1,17H2. The van der Waals surface area contributed by atoms with Gasteiger partial charge in [0.25, 0.3) is 0 Å². The molecule has 0 unspecified atom stereocenters. The summed E-state index contributed by atoms with van der Waals surface area (Å²) in [6.07, 6.45) is 1.94. The Morgan fingerprint density at radius 1 is 0.852 bits per heavy atom. The average molecular weight is 462 g/mol. The molecule has 132 valence electrons. The molecule has 0 saturated heterocycles. The summed E-state index contributed by atoms with van der Waals surface area (Å²) in [6.45, 7) is 4.71. The summed E-state index contributed by atoms with van der Waals surface area (Å²) in [7, 11) is 0. The van der Waals surface area contributed by atoms with Gasteiger partial charge in [-0.15, -0.1) is 6.58 Å². The molecule has 27 heavy (non-hydrogen) atoms. The van der Waals surface area contributed by atoms with Gasteiger partial charge in [-0.25, -0.2) is 4.98 Å². The van der Waals surface area contributed by atoms with E-state index in [4.69, 9.17) is 4.98 Å². The molecule has 3 heteroatoms. The molecule has 0 aliphatic rings. The van der Waals surface area contributed by atoms with Gasteiger partial charge in [0, 0.05) is 23.2 Å². The third-order valence-electron chi connectivity index (χ3n) is 4.50. The summed E-state index contributed by atoms with van der Waals surface area (Å²) < 4.78 is 1.14. The number of anilines is 2. The normalized spacial score (nSPS) is 10.7. The van der Waals surface area contributed by atoms with Gasteiger partial charge in [-0.2, -0.15) is 0 Å². The van der Waals surface area contributed by atoms with Gasteiger partial charge < -0.3 is 4.90 Å². The molecular weight excluding hydrogens is 443 g/mol. The highest BCUT2D eigenvalue weighted by Gasteiger charge is 2.19. The second-order valence-corrected chi connectivity index (χ2v) is 7.32. The molecule has 0 radical (unpaired) electrons. The molecule has 0 saturated carbocycles. The van der Waals surface area contributed by atoms with Crippen LogP contribution in [0.4, 0.5) is 11.4 Å². The van der Waals surface area contributed by atoms with Gasteiger partial charge in [0.1, 0.15) is 0 Å². The molecule has 0 atom stereocenters. The molecule has 4 aromatic rings. The van der Waals surface area contributed by atoms with Crippen LogP contribution in [0.15, 0.2) is 97.6 Å². The van der Waals surface area contributed by atoms with E-state index in [0.717, 1.165) is 38.0 Å². The molecule has 2 nitrogen and oxygen atoms in total. The van der Waals surface area contributed by atoms with Gasteiger partial charge in [0.15, 0.2) is 0 Å². The van der Waals surface area contributed by atoms with Gasteiger partial charge in [-0.05, 0) is 40.8 Å². The van der Waals surface area contributed by atoms with E-state index in [0.29, 0.717) is 0 Å². The number of nitrogens with zero attached hydrogens (tertiary/aromatic N) is 2. The van der Waals surface area contributed by atoms with E-state index in [2.05, 4.69) is 101 Å². The fourth-order valence-electron chi connectivity index (χ4n) is 3.29. The molecule has 3 aromatic carbocycles. The van der Waals surface area contributed by atoms with Crippen LogP contribution in [0.5, 0.6) is 0 Å². The number of aromatic nitrogens is 1. The fourth-order valence-corrected chi connectivity index (χ4v) is 4.30. The van der Waals surface area contributed by atoms with E-state index < -0.39 is 0 Å². The number of benzene rings is 3. The van der Waals surface area contributed by atoms with Crippen molar-refractivity contribution in [1.29, 1.82) is 0 Å². The Bertz CT molecular complexity index is 1080. The predicted molar refractivity (Wildman–Crippen MR) is 124 cm³/mol. The highest BCUT2D eigenvalue weighted by molar-refractivity contribution is 14.1. The Labute approximate surface area is 173 Å². The van der Waals surface area contributed by atoms with Crippen LogP contribution >= 0.6 is 22.6 Å². The molecular formula is C24H19IN2. The summed E-state index contributed by atoms with van der Waals surface area (Å²) in [6, 6.07) is 29.2. The highest BCUT2D eigenvalue weighted by atomic mass is 127. The largest absolute Gasteiger partial charge is 0.336 e. The molecule has 0 spiro atoms. The summed E-state index contributed by atoms with van der Waals surface area (Å²) in [4.78, 5) is 7.29. The fraction of sp³-hybridized carbons (Fsp3) is 0.0417. The Morgan fingerprint density at radius 3 is 2.19 bits per heavy atom. The van der Waals surface area contributed by atoms with Crippen LogP contribution in [0.2, 0.25) is 0 Å². The first-order chi connectivity index (χ1) is 13.3. The van der Waals surface area contributed by atoms with Gasteiger partial charge in [-0.1, -0.05) is 72.8 Å². The van der Waals surface area contributed by atoms with Crippen LogP contribution in [-0.4, -0.2) is 11.5 Å². The molecule has 0 aliphatic carbocycles. The lowest BCUT2D eigenvalue weighted by atomic mass is 10.1. The zero-order valence-electron chi connectivity index (χ0n) is 14.8. The first kappa shape index (κ1) is 17.7. The average Bonchev–Trinajstić information content (AvgIpc) is 2.73. The SMILES string of the molecule is C=CCN(c1ccccc1)c1c(I)c(-c2ccccc2)nc2ccccc12. The van der Waals surface area contributed by atoms with Crippen LogP contribution in [0.1, 0.15) is 0 Å². The maximum atomic E-state index is 4.98. The minimum atomic E-state index is 0.724. The number of pyridine rings is 1. The smallest absolute Gasteiger partial charge is 0.0864 e. The number of fused-ring (bicyclic) bond motifs is 1. The Morgan fingerprint density at radius 2 is 1.48 bits per heavy atom. The van der Waals surface area contributed by atoms with E-state index >= 15 is 0 Å². The van der Waals surface area contributed by atoms with E-state index in [9.17, 15) is 0 Å². The molecule has 1 aromatic heterocycles. The van der Waals surface area contributed by atoms with Crippen molar-refractivity contribution in [2.45, 2.75) is 0 Å². The molecule has 0 bridgehead atoms. The van der Waals surface area contributed by atoms with Crippen molar-refractivity contribution < 1.29 is 0 Å². The zero-order valence-corrected chi connectivity index (χ0v) is 17.0. The van der Waals surface area contributed by atoms with Gasteiger partial charge in [-0.3, -0.25) is 0 Å². The number of hydrogen-bond donors (Lipinski definition) is 0. The summed E-state index contributed by atoms with van der Waals surface area (Å²) >= 11 is 2.44. The van der Waals surface area contributed by atoms with Crippen molar-refractivity contribution >= 4 is 44.9 Å². The molecule has 0 amide bonds. The van der Waals surface area contributed by atoms with E-state index in [1.165, 1.54) is 5.69 Å². The van der Waals surface area contributed by atoms with Crippen LogP contribution in [0, 0.1) is 3.57 Å². The van der Waals surface area contributed by atoms with Crippen molar-refractivity contribution in [2.24, 2.45) is 0 Å². The van der Waals surface area contributed by atoms with Gasteiger partial charge in [0.05, 0.1) is 20.5 Å². The first-order valence-corrected chi connectivity index (χ1v) is 9.94. The Hall–Kier alpha value is -2.66. The second-order valence-electron chi connectivity index (χ2n) is 6.24. The maximum absolute atomic E-state index is 4.98. The number of halogens is 1. The lowest BCUT2D eigenvalue weighted by molar-refractivity contribution is 1.10. The Kier molecular flexibility index (Phi) is 5.21. The number of rotatable bonds is 5. The van der Waals surface area contributed by atoms with Gasteiger partial charge >= 0.3 is 0 Å². The monoisotopic (exact) mass is 462 g/mol. The van der Waals surface area contributed by atoms with Crippen LogP contribution in [0.3, 0.4) is 0 Å². The molecule has 0 fully saturated rings. The van der Waals surface area contributed by atoms with Crippen LogP contribution in [0.25, 0.3) is 22.2 Å². The minimum absolute atomic E-state index is 0.724. The molecule has 0 N–H and O–H groups in total. The van der Waals surface area contributed by atoms with Crippen LogP contribution in [-0.2, 0) is 0 Å². The summed E-state index contributed by atoms with van der Waals surface area (Å²) in [5.41, 5.74) is 5.45. The Balaban J connectivity index is 2.03. The van der Waals surface area contributed by atoms with Gasteiger partial charge in [0.2, 0.25) is 0 Å². The van der Waals surface area contributed by atoms with Crippen molar-refractivity contribution in [3.8, 4) is 11.3 Å². The van der Waals surface area contributed by atoms with E-state index in [1.807, 2.05) is 24.3 Å². The quantitative estimate of drug-likeness (QED) is 0.239. The number of para-hydroxylation sites is 2. The zero-order chi connectivity index (χ0) is 18.6. The van der Waals surface area contributed by atoms with Crippen molar-refractivity contribution in [1.82, 2.24) is 4.98 Å². The lowest BCUT2D eigenvalue weighted by Crippen LogP contribution is -2.19. The maximum Gasteiger partial charge on any atom is 0.0864 e. The summed E-state index contributed by atoms with van der Waals surface area (Å²) in [5.74, 6) is 0. The predicted octanol–water partition coefficient (Wildman–Crippen LogP) is 6.83. The van der Waals surface area contributed by atoms with E-state index in [1.54, 1.807) is 0 Å². The lowest BCUT2D eigenvalue weighted by Gasteiger charge is -2.27. The van der Waals surface area contributed by atoms with Crippen LogP contribution < -0.4 is 4.90 Å². The summed E-state index contributed by atoms with van der Waals surface area (Å²) in [5, 5.41) is 1.15. The van der Waals surface area contributed by atoms with Crippen molar-refractivity contribution in [3.05, 3.63) is 101 Å². The van der Waals surface area contributed by atoms with E-state index in [-0.39, 0.29) is 0 Å². The van der Waals surface area contributed by atoms with Crippen molar-refractivity contribution in [2.75, 3.05) is 11.4 Å². The van der Waals surface area contributed by atoms with Crippen molar-refractivity contribution in [3.63, 3.8) is 0 Å². The third-order valence-corrected chi connectivity index (χ3v) is 5.53. The molecule has 0 aliphatic heterocycles. The molecule has 4 rings (SSSR count). The first-order valence-electron chi connectivity index (χ1n) is 8.86. The second kappa shape index (κ2) is 7.92. The third kappa shape index (κ3) is 3.47. The minimum Gasteiger partial charge on any atom is -0.336 e. The number of hydrogen-bond acceptors (Lipinski definition) is 2. The topological polar surface area (TPSA) is 16.1 Å². The molecule has 1 heterocycles.